The molecule has 2 aromatic heterocycles. The number of nitrogens with zero attached hydrogens (tertiary/aromatic N) is 4. The lowest BCUT2D eigenvalue weighted by molar-refractivity contribution is -0.122. The van der Waals surface area contributed by atoms with Gasteiger partial charge in [-0.05, 0) is 26.8 Å². The van der Waals surface area contributed by atoms with Gasteiger partial charge in [-0.15, -0.1) is 0 Å². The minimum Gasteiger partial charge on any atom is -0.352 e. The molecule has 1 N–H and O–H groups in total. The van der Waals surface area contributed by atoms with Crippen molar-refractivity contribution in [1.29, 1.82) is 0 Å². The van der Waals surface area contributed by atoms with Crippen LogP contribution in [0.5, 0.6) is 0 Å². The van der Waals surface area contributed by atoms with Crippen molar-refractivity contribution in [3.8, 4) is 0 Å². The third-order valence-corrected chi connectivity index (χ3v) is 3.44. The van der Waals surface area contributed by atoms with Gasteiger partial charge in [0.05, 0.1) is 12.2 Å². The molecule has 0 fully saturated rings. The molecule has 2 aromatic rings. The van der Waals surface area contributed by atoms with Crippen LogP contribution in [0, 0.1) is 6.92 Å². The van der Waals surface area contributed by atoms with Crippen molar-refractivity contribution < 1.29 is 4.79 Å². The van der Waals surface area contributed by atoms with Crippen LogP contribution in [0.25, 0.3) is 0 Å². The molecule has 108 valence electrons. The van der Waals surface area contributed by atoms with Crippen LogP contribution in [0.2, 0.25) is 0 Å². The van der Waals surface area contributed by atoms with Crippen LogP contribution in [0.1, 0.15) is 37.6 Å². The van der Waals surface area contributed by atoms with Gasteiger partial charge >= 0.3 is 0 Å². The second-order valence-corrected chi connectivity index (χ2v) is 4.89. The molecule has 0 unspecified atom stereocenters. The lowest BCUT2D eigenvalue weighted by Gasteiger charge is -2.12. The van der Waals surface area contributed by atoms with E-state index in [4.69, 9.17) is 0 Å². The fraction of sp³-hybridized carbons (Fsp3) is 0.500. The van der Waals surface area contributed by atoms with Gasteiger partial charge in [-0.25, -0.2) is 0 Å². The van der Waals surface area contributed by atoms with Gasteiger partial charge in [0.25, 0.3) is 0 Å². The molecule has 6 heteroatoms. The Morgan fingerprint density at radius 3 is 2.85 bits per heavy atom. The molecule has 2 heterocycles. The van der Waals surface area contributed by atoms with E-state index in [9.17, 15) is 4.79 Å². The number of aryl methyl sites for hydroxylation is 1. The number of nitrogens with one attached hydrogen (secondary N) is 1. The third kappa shape index (κ3) is 3.26. The molecule has 2 rings (SSSR count). The van der Waals surface area contributed by atoms with Crippen LogP contribution in [-0.2, 0) is 17.9 Å². The number of carbonyl (C=O) groups is 1. The van der Waals surface area contributed by atoms with Crippen molar-refractivity contribution in [2.45, 2.75) is 46.3 Å². The first-order valence-corrected chi connectivity index (χ1v) is 6.89. The van der Waals surface area contributed by atoms with E-state index in [1.165, 1.54) is 0 Å². The lowest BCUT2D eigenvalue weighted by atomic mass is 10.2. The molecular weight excluding hydrogens is 254 g/mol. The maximum absolute atomic E-state index is 11.9. The van der Waals surface area contributed by atoms with Gasteiger partial charge in [-0.1, -0.05) is 0 Å². The summed E-state index contributed by atoms with van der Waals surface area (Å²) in [7, 11) is 0. The number of aromatic nitrogens is 4. The summed E-state index contributed by atoms with van der Waals surface area (Å²) in [6.45, 7) is 7.41. The Balaban J connectivity index is 1.84. The maximum Gasteiger partial charge on any atom is 0.222 e. The normalized spacial score (nSPS) is 12.3. The highest BCUT2D eigenvalue weighted by Gasteiger charge is 2.12. The molecule has 20 heavy (non-hydrogen) atoms. The number of hydrogen-bond donors (Lipinski definition) is 1. The molecule has 6 nitrogen and oxygen atoms in total. The highest BCUT2D eigenvalue weighted by molar-refractivity contribution is 5.76. The van der Waals surface area contributed by atoms with Gasteiger partial charge in [-0.2, -0.15) is 10.2 Å². The first kappa shape index (κ1) is 14.3. The fourth-order valence-corrected chi connectivity index (χ4v) is 2.15. The van der Waals surface area contributed by atoms with Crippen molar-refractivity contribution in [2.75, 3.05) is 0 Å². The van der Waals surface area contributed by atoms with Gasteiger partial charge in [-0.3, -0.25) is 14.2 Å². The number of amides is 1. The average molecular weight is 275 g/mol. The zero-order chi connectivity index (χ0) is 14.5. The summed E-state index contributed by atoms with van der Waals surface area (Å²) < 4.78 is 3.72. The summed E-state index contributed by atoms with van der Waals surface area (Å²) >= 11 is 0. The van der Waals surface area contributed by atoms with E-state index in [-0.39, 0.29) is 11.9 Å². The minimum atomic E-state index is 0.0247. The van der Waals surface area contributed by atoms with Crippen molar-refractivity contribution in [1.82, 2.24) is 24.9 Å². The molecule has 1 amide bonds. The Morgan fingerprint density at radius 1 is 1.45 bits per heavy atom. The summed E-state index contributed by atoms with van der Waals surface area (Å²) in [5.41, 5.74) is 2.17. The molecule has 0 saturated carbocycles. The van der Waals surface area contributed by atoms with E-state index in [1.807, 2.05) is 43.9 Å². The van der Waals surface area contributed by atoms with Crippen molar-refractivity contribution in [3.63, 3.8) is 0 Å². The van der Waals surface area contributed by atoms with Crippen LogP contribution in [-0.4, -0.2) is 25.5 Å². The highest BCUT2D eigenvalue weighted by Crippen LogP contribution is 2.10. The first-order chi connectivity index (χ1) is 9.61. The molecule has 0 spiro atoms. The summed E-state index contributed by atoms with van der Waals surface area (Å²) in [6.07, 6.45) is 5.82. The molecule has 0 aliphatic carbocycles. The van der Waals surface area contributed by atoms with E-state index in [0.29, 0.717) is 13.0 Å². The molecular formula is C14H21N5O. The molecule has 0 aromatic carbocycles. The van der Waals surface area contributed by atoms with Crippen LogP contribution in [0.15, 0.2) is 24.7 Å². The Hall–Kier alpha value is -2.11. The van der Waals surface area contributed by atoms with E-state index < -0.39 is 0 Å². The van der Waals surface area contributed by atoms with Crippen molar-refractivity contribution in [2.24, 2.45) is 0 Å². The smallest absolute Gasteiger partial charge is 0.222 e. The Kier molecular flexibility index (Phi) is 4.55. The lowest BCUT2D eigenvalue weighted by Crippen LogP contribution is -2.25. The van der Waals surface area contributed by atoms with E-state index in [1.54, 1.807) is 10.9 Å². The molecule has 0 saturated heterocycles. The first-order valence-electron chi connectivity index (χ1n) is 6.89. The maximum atomic E-state index is 11.9. The van der Waals surface area contributed by atoms with E-state index >= 15 is 0 Å². The van der Waals surface area contributed by atoms with Gasteiger partial charge in [0.1, 0.15) is 0 Å². The summed E-state index contributed by atoms with van der Waals surface area (Å²) in [6, 6.07) is 1.92. The topological polar surface area (TPSA) is 64.7 Å². The average Bonchev–Trinajstić information content (AvgIpc) is 3.06. The zero-order valence-corrected chi connectivity index (χ0v) is 12.2. The quantitative estimate of drug-likeness (QED) is 0.872. The van der Waals surface area contributed by atoms with Crippen LogP contribution < -0.4 is 5.32 Å². The van der Waals surface area contributed by atoms with E-state index in [0.717, 1.165) is 17.8 Å². The van der Waals surface area contributed by atoms with Crippen molar-refractivity contribution >= 4 is 5.91 Å². The van der Waals surface area contributed by atoms with Gasteiger partial charge in [0.15, 0.2) is 0 Å². The molecule has 1 atom stereocenters. The molecule has 0 bridgehead atoms. The monoisotopic (exact) mass is 275 g/mol. The number of carbonyl (C=O) groups excluding carboxylic acids is 1. The number of hydrogen-bond acceptors (Lipinski definition) is 3. The fourth-order valence-electron chi connectivity index (χ4n) is 2.15. The predicted octanol–water partition coefficient (Wildman–Crippen LogP) is 1.68. The standard InChI is InChI=1S/C14H21N5O/c1-4-18-12(3)13(10-17-18)9-15-14(20)8-11(2)19-7-5-6-16-19/h5-7,10-11H,4,8-9H2,1-3H3,(H,15,20)/t11-/m0/s1. The third-order valence-electron chi connectivity index (χ3n) is 3.44. The largest absolute Gasteiger partial charge is 0.352 e. The highest BCUT2D eigenvalue weighted by atomic mass is 16.1. The molecule has 0 aliphatic heterocycles. The van der Waals surface area contributed by atoms with E-state index in [2.05, 4.69) is 15.5 Å². The van der Waals surface area contributed by atoms with Crippen LogP contribution in [0.3, 0.4) is 0 Å². The van der Waals surface area contributed by atoms with Crippen molar-refractivity contribution in [3.05, 3.63) is 35.9 Å². The van der Waals surface area contributed by atoms with Crippen LogP contribution >= 0.6 is 0 Å². The summed E-state index contributed by atoms with van der Waals surface area (Å²) in [4.78, 5) is 11.9. The summed E-state index contributed by atoms with van der Waals surface area (Å²) in [5, 5.41) is 11.3. The Morgan fingerprint density at radius 2 is 2.25 bits per heavy atom. The predicted molar refractivity (Wildman–Crippen MR) is 76.0 cm³/mol. The number of rotatable bonds is 6. The molecule has 0 radical (unpaired) electrons. The van der Waals surface area contributed by atoms with Gasteiger partial charge in [0, 0.05) is 43.2 Å². The second kappa shape index (κ2) is 6.36. The van der Waals surface area contributed by atoms with Crippen LogP contribution in [0.4, 0.5) is 0 Å². The molecule has 0 aliphatic rings. The second-order valence-electron chi connectivity index (χ2n) is 4.89. The minimum absolute atomic E-state index is 0.0247. The SMILES string of the molecule is CCn1ncc(CNC(=O)C[C@H](C)n2cccn2)c1C. The summed E-state index contributed by atoms with van der Waals surface area (Å²) in [5.74, 6) is 0.0247. The van der Waals surface area contributed by atoms with Gasteiger partial charge in [0.2, 0.25) is 5.91 Å². The Labute approximate surface area is 118 Å². The zero-order valence-electron chi connectivity index (χ0n) is 12.2. The Bertz CT molecular complexity index is 558. The van der Waals surface area contributed by atoms with Gasteiger partial charge < -0.3 is 5.32 Å².